The van der Waals surface area contributed by atoms with E-state index >= 15 is 0 Å². The molecule has 0 N–H and O–H groups in total. The molecule has 0 saturated carbocycles. The first-order valence-electron chi connectivity index (χ1n) is 28.7. The molecule has 0 aliphatic carbocycles. The predicted molar refractivity (Wildman–Crippen MR) is 344 cm³/mol. The number of rotatable bonds is 6. The van der Waals surface area contributed by atoms with Gasteiger partial charge in [-0.05, 0) is 177 Å². The van der Waals surface area contributed by atoms with E-state index in [1.54, 1.807) is 0 Å². The molecule has 0 unspecified atom stereocenters. The van der Waals surface area contributed by atoms with Crippen molar-refractivity contribution in [3.8, 4) is 66.8 Å². The average Bonchev–Trinajstić information content (AvgIpc) is 3.53. The lowest BCUT2D eigenvalue weighted by Gasteiger charge is -2.28. The molecule has 0 atom stereocenters. The average molecular weight is 1020 g/mol. The van der Waals surface area contributed by atoms with E-state index in [4.69, 9.17) is 0 Å². The Labute approximate surface area is 469 Å². The Hall–Kier alpha value is -7.02. The summed E-state index contributed by atoms with van der Waals surface area (Å²) in [6.45, 7) is 41.7. The number of hydrogen-bond donors (Lipinski definition) is 0. The van der Waals surface area contributed by atoms with Gasteiger partial charge < -0.3 is 0 Å². The zero-order chi connectivity index (χ0) is 56.1. The van der Waals surface area contributed by atoms with E-state index in [9.17, 15) is 0 Å². The maximum atomic E-state index is 2.54. The van der Waals surface area contributed by atoms with Gasteiger partial charge in [0.2, 0.25) is 0 Å². The molecule has 78 heavy (non-hydrogen) atoms. The van der Waals surface area contributed by atoms with Gasteiger partial charge in [0.05, 0.1) is 0 Å². The second kappa shape index (κ2) is 19.4. The molecular formula is C78H84. The van der Waals surface area contributed by atoms with Crippen LogP contribution in [0.5, 0.6) is 0 Å². The summed E-state index contributed by atoms with van der Waals surface area (Å²) in [6.07, 6.45) is 0. The predicted octanol–water partition coefficient (Wildman–Crippen LogP) is 22.9. The minimum absolute atomic E-state index is 0.0000434. The monoisotopic (exact) mass is 1020 g/mol. The first-order valence-corrected chi connectivity index (χ1v) is 28.7. The van der Waals surface area contributed by atoms with E-state index in [2.05, 4.69) is 307 Å². The van der Waals surface area contributed by atoms with Gasteiger partial charge in [0, 0.05) is 0 Å². The molecule has 0 saturated heterocycles. The zero-order valence-corrected chi connectivity index (χ0v) is 50.3. The molecule has 10 aromatic rings. The molecule has 0 amide bonds. The molecule has 0 bridgehead atoms. The van der Waals surface area contributed by atoms with E-state index in [1.165, 1.54) is 132 Å². The highest BCUT2D eigenvalue weighted by Gasteiger charge is 2.29. The highest BCUT2D eigenvalue weighted by atomic mass is 14.3. The summed E-state index contributed by atoms with van der Waals surface area (Å²) >= 11 is 0. The van der Waals surface area contributed by atoms with Crippen LogP contribution < -0.4 is 0 Å². The van der Waals surface area contributed by atoms with E-state index in [-0.39, 0.29) is 32.5 Å². The highest BCUT2D eigenvalue weighted by Crippen LogP contribution is 2.55. The molecule has 0 radical (unpaired) electrons. The van der Waals surface area contributed by atoms with Crippen LogP contribution in [-0.2, 0) is 32.5 Å². The second-order valence-electron chi connectivity index (χ2n) is 28.7. The summed E-state index contributed by atoms with van der Waals surface area (Å²) in [5, 5.41) is 7.61. The Kier molecular flexibility index (Phi) is 13.5. The fourth-order valence-electron chi connectivity index (χ4n) is 11.6. The lowest BCUT2D eigenvalue weighted by Crippen LogP contribution is -2.11. The molecule has 0 aromatic heterocycles. The van der Waals surface area contributed by atoms with Crippen LogP contribution >= 0.6 is 0 Å². The molecule has 10 rings (SSSR count). The smallest absolute Gasteiger partial charge is 0.000139 e. The fourth-order valence-corrected chi connectivity index (χ4v) is 11.6. The van der Waals surface area contributed by atoms with Gasteiger partial charge in [-0.25, -0.2) is 0 Å². The van der Waals surface area contributed by atoms with Gasteiger partial charge in [0.15, 0.2) is 0 Å². The van der Waals surface area contributed by atoms with Crippen molar-refractivity contribution in [2.75, 3.05) is 0 Å². The van der Waals surface area contributed by atoms with E-state index < -0.39 is 0 Å². The molecule has 0 fully saturated rings. The van der Waals surface area contributed by atoms with Crippen LogP contribution in [0, 0.1) is 0 Å². The Morgan fingerprint density at radius 1 is 0.167 bits per heavy atom. The van der Waals surface area contributed by atoms with Crippen molar-refractivity contribution in [3.05, 3.63) is 215 Å². The summed E-state index contributed by atoms with van der Waals surface area (Å²) in [5.74, 6) is 0. The van der Waals surface area contributed by atoms with Gasteiger partial charge in [0.1, 0.15) is 0 Å². The minimum atomic E-state index is -0.0860. The molecule has 0 nitrogen and oxygen atoms in total. The van der Waals surface area contributed by atoms with Crippen LogP contribution in [0.3, 0.4) is 0 Å². The maximum absolute atomic E-state index is 2.54. The quantitative estimate of drug-likeness (QED) is 0.146. The lowest BCUT2D eigenvalue weighted by molar-refractivity contribution is 0.590. The van der Waals surface area contributed by atoms with E-state index in [1.807, 2.05) is 0 Å². The van der Waals surface area contributed by atoms with Gasteiger partial charge in [-0.3, -0.25) is 0 Å². The first-order chi connectivity index (χ1) is 36.5. The molecular weight excluding hydrogens is 937 g/mol. The largest absolute Gasteiger partial charge is 0.0579 e. The van der Waals surface area contributed by atoms with Crippen LogP contribution in [0.15, 0.2) is 182 Å². The number of fused-ring (bicyclic) bond motifs is 3. The summed E-state index contributed by atoms with van der Waals surface area (Å²) < 4.78 is 0. The number of benzene rings is 10. The second-order valence-corrected chi connectivity index (χ2v) is 28.7. The van der Waals surface area contributed by atoms with Crippen molar-refractivity contribution in [2.24, 2.45) is 0 Å². The molecule has 0 heterocycles. The number of hydrogen-bond acceptors (Lipinski definition) is 0. The van der Waals surface area contributed by atoms with E-state index in [0.717, 1.165) is 0 Å². The summed E-state index contributed by atoms with van der Waals surface area (Å²) in [7, 11) is 0. The molecule has 396 valence electrons. The Morgan fingerprint density at radius 2 is 0.333 bits per heavy atom. The summed E-state index contributed by atoms with van der Waals surface area (Å²) in [6, 6.07) is 71.4. The van der Waals surface area contributed by atoms with Crippen molar-refractivity contribution in [1.82, 2.24) is 0 Å². The summed E-state index contributed by atoms with van der Waals surface area (Å²) in [4.78, 5) is 0. The van der Waals surface area contributed by atoms with Crippen LogP contribution in [0.25, 0.3) is 99.1 Å². The molecule has 0 aliphatic rings. The SMILES string of the molecule is CC(C)(C)c1ccc(-c2ccc(-c3c4ccc(C(C)(C)C)cc4c(-c4ccc(C(C)(C)C)cc4)c4c(-c5ccc(-c6ccc(C(C)(C)C)cc6)cc5)c5ccc(C(C)(C)C)cc5c(-c5ccc(C(C)(C)C)cc5)c34)cc2)cc1. The standard InChI is InChI=1S/C78H84/c1-73(2,3)57-35-27-51(28-36-57)49-19-23-53(24-20-49)67-63-45-43-61(77(13,14)15)47-65(63)70(56-33-41-60(42-34-56)76(10,11)12)72-68(54-25-21-50(22-26-54)52-29-37-58(38-30-52)74(4,5)6)64-46-44-62(78(16,17)18)48-66(64)69(71(67)72)55-31-39-59(40-32-55)75(7,8)9/h19-48H,1-18H3. The van der Waals surface area contributed by atoms with Gasteiger partial charge in [-0.2, -0.15) is 0 Å². The first kappa shape index (κ1) is 54.3. The Bertz CT molecular complexity index is 3570. The van der Waals surface area contributed by atoms with Gasteiger partial charge in [0.25, 0.3) is 0 Å². The van der Waals surface area contributed by atoms with Crippen molar-refractivity contribution in [1.29, 1.82) is 0 Å². The van der Waals surface area contributed by atoms with Gasteiger partial charge in [-0.1, -0.05) is 294 Å². The Morgan fingerprint density at radius 3 is 0.551 bits per heavy atom. The normalized spacial score (nSPS) is 13.0. The topological polar surface area (TPSA) is 0 Å². The molecule has 0 heteroatoms. The maximum Gasteiger partial charge on any atom is -0.000139 e. The summed E-state index contributed by atoms with van der Waals surface area (Å²) in [5.41, 5.74) is 22.8. The van der Waals surface area contributed by atoms with E-state index in [0.29, 0.717) is 0 Å². The third kappa shape index (κ3) is 10.4. The lowest BCUT2D eigenvalue weighted by atomic mass is 9.75. The zero-order valence-electron chi connectivity index (χ0n) is 50.3. The van der Waals surface area contributed by atoms with Crippen molar-refractivity contribution < 1.29 is 0 Å². The third-order valence-electron chi connectivity index (χ3n) is 16.7. The van der Waals surface area contributed by atoms with Crippen molar-refractivity contribution in [2.45, 2.75) is 157 Å². The van der Waals surface area contributed by atoms with Gasteiger partial charge in [-0.15, -0.1) is 0 Å². The molecule has 10 aromatic carbocycles. The van der Waals surface area contributed by atoms with Crippen LogP contribution in [0.2, 0.25) is 0 Å². The van der Waals surface area contributed by atoms with Gasteiger partial charge >= 0.3 is 0 Å². The van der Waals surface area contributed by atoms with Crippen molar-refractivity contribution >= 4 is 32.3 Å². The van der Waals surface area contributed by atoms with Crippen LogP contribution in [0.4, 0.5) is 0 Å². The highest BCUT2D eigenvalue weighted by molar-refractivity contribution is 6.34. The minimum Gasteiger partial charge on any atom is -0.0579 e. The third-order valence-corrected chi connectivity index (χ3v) is 16.7. The fraction of sp³-hybridized carbons (Fsp3) is 0.308. The van der Waals surface area contributed by atoms with Crippen molar-refractivity contribution in [3.63, 3.8) is 0 Å². The van der Waals surface area contributed by atoms with Crippen LogP contribution in [0.1, 0.15) is 158 Å². The van der Waals surface area contributed by atoms with Crippen LogP contribution in [-0.4, -0.2) is 0 Å². The Balaban J connectivity index is 1.42. The molecule has 0 spiro atoms. The molecule has 0 aliphatic heterocycles.